The van der Waals surface area contributed by atoms with E-state index in [2.05, 4.69) is 25.4 Å². The monoisotopic (exact) mass is 234 g/mol. The van der Waals surface area contributed by atoms with Gasteiger partial charge in [0.2, 0.25) is 5.89 Å². The van der Waals surface area contributed by atoms with Crippen LogP contribution in [0.15, 0.2) is 10.9 Å². The summed E-state index contributed by atoms with van der Waals surface area (Å²) in [5.41, 5.74) is 6.52. The van der Waals surface area contributed by atoms with Crippen LogP contribution in [-0.4, -0.2) is 26.7 Å². The van der Waals surface area contributed by atoms with E-state index in [4.69, 9.17) is 10.3 Å². The lowest BCUT2D eigenvalue weighted by Gasteiger charge is -2.07. The van der Waals surface area contributed by atoms with Crippen molar-refractivity contribution in [2.75, 3.05) is 17.6 Å². The Labute approximate surface area is 98.5 Å². The van der Waals surface area contributed by atoms with Gasteiger partial charge < -0.3 is 15.6 Å². The molecule has 0 atom stereocenters. The highest BCUT2D eigenvalue weighted by Gasteiger charge is 2.05. The van der Waals surface area contributed by atoms with Crippen LogP contribution in [0, 0.1) is 13.8 Å². The number of hydrogen-bond donors (Lipinski definition) is 2. The maximum absolute atomic E-state index is 5.68. The summed E-state index contributed by atoms with van der Waals surface area (Å²) in [7, 11) is 0. The second kappa shape index (κ2) is 4.77. The van der Waals surface area contributed by atoms with Crippen molar-refractivity contribution >= 4 is 11.6 Å². The second-order valence-electron chi connectivity index (χ2n) is 3.64. The quantitative estimate of drug-likeness (QED) is 0.803. The van der Waals surface area contributed by atoms with Crippen LogP contribution in [0.4, 0.5) is 11.6 Å². The summed E-state index contributed by atoms with van der Waals surface area (Å²) in [6, 6.07) is 0. The molecule has 0 aliphatic rings. The number of aryl methyl sites for hydroxylation is 1. The summed E-state index contributed by atoms with van der Waals surface area (Å²) in [4.78, 5) is 12.1. The Morgan fingerprint density at radius 1 is 1.35 bits per heavy atom. The first-order valence-corrected chi connectivity index (χ1v) is 5.27. The van der Waals surface area contributed by atoms with Crippen molar-refractivity contribution < 1.29 is 4.52 Å². The molecule has 0 saturated carbocycles. The summed E-state index contributed by atoms with van der Waals surface area (Å²) < 4.78 is 4.88. The van der Waals surface area contributed by atoms with Gasteiger partial charge >= 0.3 is 0 Å². The fourth-order valence-electron chi connectivity index (χ4n) is 1.38. The third kappa shape index (κ3) is 2.68. The number of nitrogen functional groups attached to an aromatic ring is 1. The Balaban J connectivity index is 1.92. The number of hydrogen-bond acceptors (Lipinski definition) is 7. The predicted molar refractivity (Wildman–Crippen MR) is 62.4 cm³/mol. The highest BCUT2D eigenvalue weighted by Crippen LogP contribution is 2.14. The maximum atomic E-state index is 5.68. The van der Waals surface area contributed by atoms with Crippen molar-refractivity contribution in [2.24, 2.45) is 0 Å². The first-order chi connectivity index (χ1) is 8.16. The van der Waals surface area contributed by atoms with Crippen LogP contribution in [0.5, 0.6) is 0 Å². The van der Waals surface area contributed by atoms with Crippen LogP contribution in [0.3, 0.4) is 0 Å². The van der Waals surface area contributed by atoms with E-state index in [1.54, 1.807) is 6.92 Å². The second-order valence-corrected chi connectivity index (χ2v) is 3.64. The lowest BCUT2D eigenvalue weighted by Crippen LogP contribution is -2.10. The smallest absolute Gasteiger partial charge is 0.223 e. The molecule has 0 bridgehead atoms. The molecule has 2 aromatic heterocycles. The molecule has 0 aliphatic carbocycles. The first-order valence-electron chi connectivity index (χ1n) is 5.27. The minimum atomic E-state index is 0.484. The number of nitrogens with one attached hydrogen (secondary N) is 1. The molecule has 2 rings (SSSR count). The molecule has 0 aliphatic heterocycles. The predicted octanol–water partition coefficient (Wildman–Crippen LogP) is 0.713. The van der Waals surface area contributed by atoms with Gasteiger partial charge in [-0.15, -0.1) is 0 Å². The molecular formula is C10H14N6O. The fourth-order valence-corrected chi connectivity index (χ4v) is 1.38. The molecule has 2 aromatic rings. The van der Waals surface area contributed by atoms with Gasteiger partial charge in [-0.2, -0.15) is 4.98 Å². The minimum absolute atomic E-state index is 0.484. The molecular weight excluding hydrogens is 220 g/mol. The number of aromatic nitrogens is 4. The van der Waals surface area contributed by atoms with E-state index in [1.807, 2.05) is 6.92 Å². The minimum Gasteiger partial charge on any atom is -0.383 e. The molecule has 0 unspecified atom stereocenters. The van der Waals surface area contributed by atoms with E-state index in [9.17, 15) is 0 Å². The highest BCUT2D eigenvalue weighted by atomic mass is 16.5. The van der Waals surface area contributed by atoms with Gasteiger partial charge in [-0.05, 0) is 6.92 Å². The topological polar surface area (TPSA) is 103 Å². The van der Waals surface area contributed by atoms with Crippen LogP contribution in [0.1, 0.15) is 17.3 Å². The molecule has 3 N–H and O–H groups in total. The largest absolute Gasteiger partial charge is 0.383 e. The van der Waals surface area contributed by atoms with E-state index in [-0.39, 0.29) is 0 Å². The lowest BCUT2D eigenvalue weighted by atomic mass is 10.3. The van der Waals surface area contributed by atoms with Crippen LogP contribution < -0.4 is 11.1 Å². The Bertz CT molecular complexity index is 509. The molecule has 17 heavy (non-hydrogen) atoms. The molecule has 7 nitrogen and oxygen atoms in total. The third-order valence-corrected chi connectivity index (χ3v) is 2.33. The van der Waals surface area contributed by atoms with Crippen molar-refractivity contribution in [1.82, 2.24) is 20.1 Å². The van der Waals surface area contributed by atoms with E-state index in [0.717, 1.165) is 11.4 Å². The Morgan fingerprint density at radius 2 is 2.18 bits per heavy atom. The molecule has 0 aromatic carbocycles. The summed E-state index contributed by atoms with van der Waals surface area (Å²) in [5.74, 6) is 2.47. The fraction of sp³-hybridized carbons (Fsp3) is 0.400. The Hall–Kier alpha value is -2.18. The summed E-state index contributed by atoms with van der Waals surface area (Å²) in [6.45, 7) is 4.30. The highest BCUT2D eigenvalue weighted by molar-refractivity contribution is 5.53. The lowest BCUT2D eigenvalue weighted by molar-refractivity contribution is 0.387. The Kier molecular flexibility index (Phi) is 3.17. The van der Waals surface area contributed by atoms with Crippen LogP contribution in [-0.2, 0) is 6.42 Å². The van der Waals surface area contributed by atoms with Crippen molar-refractivity contribution in [3.05, 3.63) is 23.6 Å². The molecule has 0 saturated heterocycles. The van der Waals surface area contributed by atoms with Crippen LogP contribution >= 0.6 is 0 Å². The maximum Gasteiger partial charge on any atom is 0.223 e. The van der Waals surface area contributed by atoms with Crippen LogP contribution in [0.25, 0.3) is 0 Å². The first kappa shape index (κ1) is 11.3. The number of rotatable bonds is 4. The van der Waals surface area contributed by atoms with E-state index in [0.29, 0.717) is 30.5 Å². The van der Waals surface area contributed by atoms with Gasteiger partial charge in [0.1, 0.15) is 18.0 Å². The number of nitrogens with two attached hydrogens (primary N) is 1. The third-order valence-electron chi connectivity index (χ3n) is 2.33. The Morgan fingerprint density at radius 3 is 2.88 bits per heavy atom. The van der Waals surface area contributed by atoms with Gasteiger partial charge in [0, 0.05) is 25.5 Å². The summed E-state index contributed by atoms with van der Waals surface area (Å²) >= 11 is 0. The summed E-state index contributed by atoms with van der Waals surface area (Å²) in [6.07, 6.45) is 2.10. The zero-order chi connectivity index (χ0) is 12.3. The van der Waals surface area contributed by atoms with Crippen LogP contribution in [0.2, 0.25) is 0 Å². The molecule has 0 fully saturated rings. The van der Waals surface area contributed by atoms with E-state index >= 15 is 0 Å². The molecule has 7 heteroatoms. The SMILES string of the molecule is Cc1nc(CCNc2ncnc(N)c2C)no1. The normalized spacial score (nSPS) is 10.5. The van der Waals surface area contributed by atoms with Crippen molar-refractivity contribution in [3.63, 3.8) is 0 Å². The average Bonchev–Trinajstić information content (AvgIpc) is 2.70. The number of nitrogens with zero attached hydrogens (tertiary/aromatic N) is 4. The summed E-state index contributed by atoms with van der Waals surface area (Å²) in [5, 5.41) is 6.96. The zero-order valence-electron chi connectivity index (χ0n) is 9.77. The molecule has 2 heterocycles. The number of anilines is 2. The zero-order valence-corrected chi connectivity index (χ0v) is 9.77. The van der Waals surface area contributed by atoms with Crippen molar-refractivity contribution in [2.45, 2.75) is 20.3 Å². The molecule has 0 amide bonds. The molecule has 0 radical (unpaired) electrons. The molecule has 0 spiro atoms. The molecule has 90 valence electrons. The average molecular weight is 234 g/mol. The van der Waals surface area contributed by atoms with Crippen molar-refractivity contribution in [3.8, 4) is 0 Å². The van der Waals surface area contributed by atoms with Gasteiger partial charge in [-0.3, -0.25) is 0 Å². The van der Waals surface area contributed by atoms with Gasteiger partial charge in [-0.25, -0.2) is 9.97 Å². The van der Waals surface area contributed by atoms with Gasteiger partial charge in [0.05, 0.1) is 0 Å². The van der Waals surface area contributed by atoms with Gasteiger partial charge in [0.25, 0.3) is 0 Å². The van der Waals surface area contributed by atoms with Gasteiger partial charge in [-0.1, -0.05) is 5.16 Å². The van der Waals surface area contributed by atoms with Gasteiger partial charge in [0.15, 0.2) is 5.82 Å². The van der Waals surface area contributed by atoms with E-state index in [1.165, 1.54) is 6.33 Å². The van der Waals surface area contributed by atoms with Crippen molar-refractivity contribution in [1.29, 1.82) is 0 Å². The van der Waals surface area contributed by atoms with E-state index < -0.39 is 0 Å². The standard InChI is InChI=1S/C10H14N6O/c1-6-9(11)13-5-14-10(6)12-4-3-8-15-7(2)17-16-8/h5H,3-4H2,1-2H3,(H3,11,12,13,14).